The minimum absolute atomic E-state index is 0.0243. The van der Waals surface area contributed by atoms with Gasteiger partial charge < -0.3 is 10.4 Å². The predicted molar refractivity (Wildman–Crippen MR) is 136 cm³/mol. The van der Waals surface area contributed by atoms with Gasteiger partial charge in [0.1, 0.15) is 10.6 Å². The number of fused-ring (bicyclic) bond motifs is 1. The van der Waals surface area contributed by atoms with Crippen LogP contribution >= 0.6 is 0 Å². The van der Waals surface area contributed by atoms with Crippen LogP contribution in [0.1, 0.15) is 37.7 Å². The van der Waals surface area contributed by atoms with E-state index < -0.39 is 10.0 Å². The number of phenols is 1. The SMILES string of the molecule is O=S(=O)(Nc1nc2ccccc2nc1Nc1cc(O)ccc1CC1CCCCC1)c1cccnc1. The van der Waals surface area contributed by atoms with Crippen molar-refractivity contribution in [3.8, 4) is 5.75 Å². The quantitative estimate of drug-likeness (QED) is 0.318. The van der Waals surface area contributed by atoms with E-state index in [-0.39, 0.29) is 22.3 Å². The minimum atomic E-state index is -3.94. The number of rotatable bonds is 7. The van der Waals surface area contributed by atoms with Crippen molar-refractivity contribution < 1.29 is 13.5 Å². The third-order valence-corrected chi connectivity index (χ3v) is 7.65. The fourth-order valence-corrected chi connectivity index (χ4v) is 5.51. The Morgan fingerprint density at radius 1 is 0.914 bits per heavy atom. The Balaban J connectivity index is 1.53. The van der Waals surface area contributed by atoms with E-state index in [0.717, 1.165) is 12.0 Å². The highest BCUT2D eigenvalue weighted by atomic mass is 32.2. The van der Waals surface area contributed by atoms with E-state index >= 15 is 0 Å². The second-order valence-electron chi connectivity index (χ2n) is 8.88. The van der Waals surface area contributed by atoms with Gasteiger partial charge in [-0.05, 0) is 48.2 Å². The van der Waals surface area contributed by atoms with E-state index in [1.54, 1.807) is 24.3 Å². The zero-order chi connectivity index (χ0) is 24.3. The number of nitrogens with one attached hydrogen (secondary N) is 2. The minimum Gasteiger partial charge on any atom is -0.508 e. The molecule has 0 atom stereocenters. The van der Waals surface area contributed by atoms with Crippen LogP contribution in [-0.4, -0.2) is 28.5 Å². The summed E-state index contributed by atoms with van der Waals surface area (Å²) in [6, 6.07) is 15.5. The summed E-state index contributed by atoms with van der Waals surface area (Å²) >= 11 is 0. The maximum atomic E-state index is 13.0. The van der Waals surface area contributed by atoms with E-state index in [0.29, 0.717) is 22.6 Å². The summed E-state index contributed by atoms with van der Waals surface area (Å²) < 4.78 is 28.6. The molecule has 0 aliphatic heterocycles. The summed E-state index contributed by atoms with van der Waals surface area (Å²) in [5.74, 6) is 1.03. The number of pyridine rings is 1. The van der Waals surface area contributed by atoms with Gasteiger partial charge in [0.25, 0.3) is 10.0 Å². The van der Waals surface area contributed by atoms with E-state index in [4.69, 9.17) is 0 Å². The van der Waals surface area contributed by atoms with Gasteiger partial charge in [0.05, 0.1) is 11.0 Å². The normalized spacial score (nSPS) is 14.6. The molecule has 0 bridgehead atoms. The topological polar surface area (TPSA) is 117 Å². The molecule has 9 heteroatoms. The van der Waals surface area contributed by atoms with Crippen LogP contribution < -0.4 is 10.0 Å². The molecule has 0 unspecified atom stereocenters. The molecule has 0 spiro atoms. The molecule has 1 saturated carbocycles. The first-order valence-corrected chi connectivity index (χ1v) is 13.2. The van der Waals surface area contributed by atoms with Gasteiger partial charge >= 0.3 is 0 Å². The lowest BCUT2D eigenvalue weighted by atomic mass is 9.84. The molecule has 2 heterocycles. The van der Waals surface area contributed by atoms with Gasteiger partial charge in [0.15, 0.2) is 11.6 Å². The van der Waals surface area contributed by atoms with E-state index in [2.05, 4.69) is 25.0 Å². The number of benzene rings is 2. The average molecular weight is 490 g/mol. The molecular formula is C26H27N5O3S. The maximum Gasteiger partial charge on any atom is 0.264 e. The average Bonchev–Trinajstić information content (AvgIpc) is 2.87. The van der Waals surface area contributed by atoms with Crippen molar-refractivity contribution in [1.82, 2.24) is 15.0 Å². The Hall–Kier alpha value is -3.72. The van der Waals surface area contributed by atoms with Crippen molar-refractivity contribution in [2.45, 2.75) is 43.4 Å². The summed E-state index contributed by atoms with van der Waals surface area (Å²) in [6.45, 7) is 0. The van der Waals surface area contributed by atoms with Gasteiger partial charge in [-0.1, -0.05) is 50.3 Å². The van der Waals surface area contributed by atoms with Crippen LogP contribution in [0.4, 0.5) is 17.3 Å². The number of nitrogens with zero attached hydrogens (tertiary/aromatic N) is 3. The molecule has 180 valence electrons. The molecule has 35 heavy (non-hydrogen) atoms. The van der Waals surface area contributed by atoms with Gasteiger partial charge in [-0.2, -0.15) is 0 Å². The van der Waals surface area contributed by atoms with Crippen LogP contribution in [0.5, 0.6) is 5.75 Å². The summed E-state index contributed by atoms with van der Waals surface area (Å²) in [7, 11) is -3.94. The monoisotopic (exact) mass is 489 g/mol. The lowest BCUT2D eigenvalue weighted by molar-refractivity contribution is 0.357. The van der Waals surface area contributed by atoms with Crippen LogP contribution in [0.2, 0.25) is 0 Å². The molecule has 0 radical (unpaired) electrons. The fourth-order valence-electron chi connectivity index (χ4n) is 4.54. The molecule has 0 saturated heterocycles. The van der Waals surface area contributed by atoms with Crippen LogP contribution in [-0.2, 0) is 16.4 Å². The van der Waals surface area contributed by atoms with Gasteiger partial charge in [0.2, 0.25) is 0 Å². The number of anilines is 3. The highest BCUT2D eigenvalue weighted by molar-refractivity contribution is 7.92. The fraction of sp³-hybridized carbons (Fsp3) is 0.269. The standard InChI is InChI=1S/C26H27N5O3S/c32-20-13-12-19(15-18-7-2-1-3-8-18)24(16-20)30-25-26(29-23-11-5-4-10-22(23)28-25)31-35(33,34)21-9-6-14-27-17-21/h4-6,9-14,16-18,32H,1-3,7-8,15H2,(H,28,30)(H,29,31). The zero-order valence-corrected chi connectivity index (χ0v) is 20.0. The zero-order valence-electron chi connectivity index (χ0n) is 19.2. The van der Waals surface area contributed by atoms with Crippen LogP contribution in [0.15, 0.2) is 71.9 Å². The van der Waals surface area contributed by atoms with Crippen LogP contribution in [0.25, 0.3) is 11.0 Å². The Kier molecular flexibility index (Phi) is 6.50. The first-order chi connectivity index (χ1) is 17.0. The van der Waals surface area contributed by atoms with Gasteiger partial charge in [-0.3, -0.25) is 9.71 Å². The lowest BCUT2D eigenvalue weighted by Gasteiger charge is -2.23. The van der Waals surface area contributed by atoms with Crippen molar-refractivity contribution in [2.75, 3.05) is 10.0 Å². The maximum absolute atomic E-state index is 13.0. The van der Waals surface area contributed by atoms with Crippen molar-refractivity contribution in [3.05, 3.63) is 72.6 Å². The Bertz CT molecular complexity index is 1440. The highest BCUT2D eigenvalue weighted by Gasteiger charge is 2.21. The number of aromatic nitrogens is 3. The first kappa shape index (κ1) is 23.0. The molecule has 0 amide bonds. The van der Waals surface area contributed by atoms with E-state index in [1.165, 1.54) is 50.6 Å². The second kappa shape index (κ2) is 9.87. The van der Waals surface area contributed by atoms with Gasteiger partial charge in [0, 0.05) is 24.1 Å². The van der Waals surface area contributed by atoms with E-state index in [1.807, 2.05) is 24.3 Å². The van der Waals surface area contributed by atoms with Gasteiger partial charge in [-0.25, -0.2) is 18.4 Å². The van der Waals surface area contributed by atoms with Crippen molar-refractivity contribution in [2.24, 2.45) is 5.92 Å². The van der Waals surface area contributed by atoms with Crippen LogP contribution in [0.3, 0.4) is 0 Å². The molecule has 1 fully saturated rings. The molecule has 4 aromatic rings. The third-order valence-electron chi connectivity index (χ3n) is 6.33. The number of hydrogen-bond acceptors (Lipinski definition) is 7. The number of aromatic hydroxyl groups is 1. The lowest BCUT2D eigenvalue weighted by Crippen LogP contribution is -2.16. The van der Waals surface area contributed by atoms with Crippen molar-refractivity contribution >= 4 is 38.4 Å². The third kappa shape index (κ3) is 5.35. The van der Waals surface area contributed by atoms with Crippen molar-refractivity contribution in [3.63, 3.8) is 0 Å². The summed E-state index contributed by atoms with van der Waals surface area (Å²) in [4.78, 5) is 13.2. The summed E-state index contributed by atoms with van der Waals surface area (Å²) in [5.41, 5.74) is 2.90. The number of phenolic OH excluding ortho intramolecular Hbond substituents is 1. The second-order valence-corrected chi connectivity index (χ2v) is 10.6. The molecule has 2 aromatic heterocycles. The Labute approximate surface area is 204 Å². The largest absolute Gasteiger partial charge is 0.508 e. The molecule has 2 aromatic carbocycles. The Morgan fingerprint density at radius 2 is 1.66 bits per heavy atom. The Morgan fingerprint density at radius 3 is 2.37 bits per heavy atom. The predicted octanol–water partition coefficient (Wildman–Crippen LogP) is 5.40. The molecule has 5 rings (SSSR count). The number of sulfonamides is 1. The van der Waals surface area contributed by atoms with Crippen molar-refractivity contribution in [1.29, 1.82) is 0 Å². The number of hydrogen-bond donors (Lipinski definition) is 3. The molecule has 1 aliphatic carbocycles. The first-order valence-electron chi connectivity index (χ1n) is 11.8. The highest BCUT2D eigenvalue weighted by Crippen LogP contribution is 2.34. The smallest absolute Gasteiger partial charge is 0.264 e. The number of para-hydroxylation sites is 2. The molecule has 8 nitrogen and oxygen atoms in total. The van der Waals surface area contributed by atoms with E-state index in [9.17, 15) is 13.5 Å². The summed E-state index contributed by atoms with van der Waals surface area (Å²) in [6.07, 6.45) is 9.80. The van der Waals surface area contributed by atoms with Crippen LogP contribution in [0, 0.1) is 5.92 Å². The molecule has 1 aliphatic rings. The molecular weight excluding hydrogens is 462 g/mol. The molecule has 3 N–H and O–H groups in total. The van der Waals surface area contributed by atoms with Gasteiger partial charge in [-0.15, -0.1) is 0 Å². The summed E-state index contributed by atoms with van der Waals surface area (Å²) in [5, 5.41) is 13.5.